The number of rotatable bonds is 4. The summed E-state index contributed by atoms with van der Waals surface area (Å²) >= 11 is 0. The van der Waals surface area contributed by atoms with Crippen LogP contribution in [0.15, 0.2) is 18.2 Å². The number of fused-ring (bicyclic) bond motifs is 1. The summed E-state index contributed by atoms with van der Waals surface area (Å²) in [6.07, 6.45) is 3.14. The summed E-state index contributed by atoms with van der Waals surface area (Å²) < 4.78 is 0. The van der Waals surface area contributed by atoms with Gasteiger partial charge in [0.1, 0.15) is 0 Å². The van der Waals surface area contributed by atoms with E-state index in [0.717, 1.165) is 36.8 Å². The third kappa shape index (κ3) is 3.14. The summed E-state index contributed by atoms with van der Waals surface area (Å²) in [4.78, 5) is 11.3. The van der Waals surface area contributed by atoms with Crippen LogP contribution in [0.4, 0.5) is 5.69 Å². The molecule has 19 heavy (non-hydrogen) atoms. The van der Waals surface area contributed by atoms with Crippen LogP contribution in [0.25, 0.3) is 0 Å². The zero-order valence-electron chi connectivity index (χ0n) is 11.2. The molecule has 0 bridgehead atoms. The number of carbonyl (C=O) groups is 1. The predicted molar refractivity (Wildman–Crippen MR) is 76.1 cm³/mol. The Morgan fingerprint density at radius 2 is 2.32 bits per heavy atom. The molecule has 0 saturated carbocycles. The summed E-state index contributed by atoms with van der Waals surface area (Å²) in [5.41, 5.74) is 3.37. The zero-order valence-corrected chi connectivity index (χ0v) is 11.2. The van der Waals surface area contributed by atoms with Gasteiger partial charge in [-0.3, -0.25) is 4.79 Å². The van der Waals surface area contributed by atoms with Gasteiger partial charge < -0.3 is 16.0 Å². The van der Waals surface area contributed by atoms with Gasteiger partial charge in [0.2, 0.25) is 5.91 Å². The molecule has 1 aromatic carbocycles. The summed E-state index contributed by atoms with van der Waals surface area (Å²) in [7, 11) is 0. The van der Waals surface area contributed by atoms with Crippen LogP contribution in [0.5, 0.6) is 0 Å². The van der Waals surface area contributed by atoms with Crippen LogP contribution in [0.2, 0.25) is 0 Å². The van der Waals surface area contributed by atoms with Crippen molar-refractivity contribution in [2.24, 2.45) is 5.92 Å². The van der Waals surface area contributed by atoms with Gasteiger partial charge >= 0.3 is 0 Å². The molecule has 1 atom stereocenters. The van der Waals surface area contributed by atoms with Crippen molar-refractivity contribution < 1.29 is 4.79 Å². The molecule has 3 N–H and O–H groups in total. The lowest BCUT2D eigenvalue weighted by Gasteiger charge is -2.23. The van der Waals surface area contributed by atoms with Gasteiger partial charge in [0.25, 0.3) is 0 Å². The highest BCUT2D eigenvalue weighted by atomic mass is 16.1. The lowest BCUT2D eigenvalue weighted by atomic mass is 9.99. The van der Waals surface area contributed by atoms with Gasteiger partial charge in [0, 0.05) is 12.2 Å². The van der Waals surface area contributed by atoms with Crippen LogP contribution in [0, 0.1) is 5.92 Å². The number of piperidine rings is 1. The molecule has 102 valence electrons. The molecule has 1 amide bonds. The van der Waals surface area contributed by atoms with E-state index in [1.54, 1.807) is 0 Å². The van der Waals surface area contributed by atoms with E-state index in [2.05, 4.69) is 28.1 Å². The van der Waals surface area contributed by atoms with Gasteiger partial charge in [-0.2, -0.15) is 0 Å². The minimum Gasteiger partial charge on any atom is -0.326 e. The smallest absolute Gasteiger partial charge is 0.228 e. The molecule has 0 aromatic heterocycles. The number of benzene rings is 1. The van der Waals surface area contributed by atoms with Gasteiger partial charge in [-0.15, -0.1) is 0 Å². The average molecular weight is 259 g/mol. The predicted octanol–water partition coefficient (Wildman–Crippen LogP) is 1.27. The first-order chi connectivity index (χ1) is 9.31. The summed E-state index contributed by atoms with van der Waals surface area (Å²) in [6, 6.07) is 6.25. The van der Waals surface area contributed by atoms with Gasteiger partial charge in [0.15, 0.2) is 0 Å². The Hall–Kier alpha value is -1.39. The minimum atomic E-state index is 0.105. The Kier molecular flexibility index (Phi) is 3.80. The third-order valence-corrected chi connectivity index (χ3v) is 3.96. The molecular formula is C15H21N3O. The number of nitrogens with one attached hydrogen (secondary N) is 3. The Morgan fingerprint density at radius 3 is 3.16 bits per heavy atom. The van der Waals surface area contributed by atoms with Gasteiger partial charge in [0.05, 0.1) is 6.42 Å². The highest BCUT2D eigenvalue weighted by Crippen LogP contribution is 2.23. The Balaban J connectivity index is 1.50. The third-order valence-electron chi connectivity index (χ3n) is 3.96. The highest BCUT2D eigenvalue weighted by Gasteiger charge is 2.17. The fourth-order valence-corrected chi connectivity index (χ4v) is 2.91. The summed E-state index contributed by atoms with van der Waals surface area (Å²) in [5, 5.41) is 9.83. The number of carbonyl (C=O) groups excluding carboxylic acids is 1. The fraction of sp³-hybridized carbons (Fsp3) is 0.533. The number of hydrogen-bond donors (Lipinski definition) is 3. The molecule has 4 heteroatoms. The van der Waals surface area contributed by atoms with E-state index in [4.69, 9.17) is 0 Å². The van der Waals surface area contributed by atoms with Crippen molar-refractivity contribution in [3.8, 4) is 0 Å². The van der Waals surface area contributed by atoms with Crippen molar-refractivity contribution in [3.05, 3.63) is 29.3 Å². The SMILES string of the molecule is O=C1Cc2cc(CNCC3CCCNC3)ccc2N1. The molecule has 1 saturated heterocycles. The monoisotopic (exact) mass is 259 g/mol. The van der Waals surface area contributed by atoms with E-state index in [9.17, 15) is 4.79 Å². The molecule has 2 aliphatic heterocycles. The minimum absolute atomic E-state index is 0.105. The molecule has 0 aliphatic carbocycles. The maximum atomic E-state index is 11.3. The largest absolute Gasteiger partial charge is 0.326 e. The van der Waals surface area contributed by atoms with E-state index >= 15 is 0 Å². The quantitative estimate of drug-likeness (QED) is 0.763. The van der Waals surface area contributed by atoms with Crippen LogP contribution < -0.4 is 16.0 Å². The zero-order chi connectivity index (χ0) is 13.1. The van der Waals surface area contributed by atoms with Crippen molar-refractivity contribution in [1.82, 2.24) is 10.6 Å². The van der Waals surface area contributed by atoms with Gasteiger partial charge in [-0.25, -0.2) is 0 Å². The van der Waals surface area contributed by atoms with Crippen molar-refractivity contribution in [1.29, 1.82) is 0 Å². The average Bonchev–Trinajstić information content (AvgIpc) is 2.79. The molecule has 2 aliphatic rings. The van der Waals surface area contributed by atoms with Crippen LogP contribution >= 0.6 is 0 Å². The molecule has 0 spiro atoms. The van der Waals surface area contributed by atoms with Crippen molar-refractivity contribution in [3.63, 3.8) is 0 Å². The fourth-order valence-electron chi connectivity index (χ4n) is 2.91. The standard InChI is InChI=1S/C15H21N3O/c19-15-7-13-6-11(3-4-14(13)18-15)8-17-10-12-2-1-5-16-9-12/h3-4,6,12,16-17H,1-2,5,7-10H2,(H,18,19). The van der Waals surface area contributed by atoms with Crippen LogP contribution in [-0.2, 0) is 17.8 Å². The van der Waals surface area contributed by atoms with E-state index in [0.29, 0.717) is 6.42 Å². The number of hydrogen-bond acceptors (Lipinski definition) is 3. The second kappa shape index (κ2) is 5.72. The molecule has 3 rings (SSSR count). The van der Waals surface area contributed by atoms with Crippen LogP contribution in [-0.4, -0.2) is 25.5 Å². The van der Waals surface area contributed by atoms with Gasteiger partial charge in [-0.05, 0) is 55.6 Å². The lowest BCUT2D eigenvalue weighted by Crippen LogP contribution is -2.35. The maximum Gasteiger partial charge on any atom is 0.228 e. The summed E-state index contributed by atoms with van der Waals surface area (Å²) in [5.74, 6) is 0.861. The molecular weight excluding hydrogens is 238 g/mol. The van der Waals surface area contributed by atoms with Gasteiger partial charge in [-0.1, -0.05) is 12.1 Å². The first-order valence-corrected chi connectivity index (χ1v) is 7.14. The number of anilines is 1. The first kappa shape index (κ1) is 12.6. The molecule has 0 radical (unpaired) electrons. The molecule has 1 unspecified atom stereocenters. The second-order valence-corrected chi connectivity index (χ2v) is 5.56. The number of amides is 1. The van der Waals surface area contributed by atoms with Crippen molar-refractivity contribution in [2.45, 2.75) is 25.8 Å². The maximum absolute atomic E-state index is 11.3. The molecule has 1 aromatic rings. The lowest BCUT2D eigenvalue weighted by molar-refractivity contribution is -0.115. The van der Waals surface area contributed by atoms with Crippen molar-refractivity contribution in [2.75, 3.05) is 25.0 Å². The first-order valence-electron chi connectivity index (χ1n) is 7.14. The summed E-state index contributed by atoms with van der Waals surface area (Å²) in [6.45, 7) is 4.26. The molecule has 1 fully saturated rings. The van der Waals surface area contributed by atoms with E-state index in [1.165, 1.54) is 24.9 Å². The van der Waals surface area contributed by atoms with E-state index in [-0.39, 0.29) is 5.91 Å². The van der Waals surface area contributed by atoms with Crippen LogP contribution in [0.3, 0.4) is 0 Å². The Morgan fingerprint density at radius 1 is 1.37 bits per heavy atom. The van der Waals surface area contributed by atoms with Crippen LogP contribution in [0.1, 0.15) is 24.0 Å². The highest BCUT2D eigenvalue weighted by molar-refractivity contribution is 5.99. The Labute approximate surface area is 114 Å². The Bertz CT molecular complexity index is 466. The topological polar surface area (TPSA) is 53.2 Å². The van der Waals surface area contributed by atoms with E-state index in [1.807, 2.05) is 6.07 Å². The van der Waals surface area contributed by atoms with E-state index < -0.39 is 0 Å². The molecule has 2 heterocycles. The van der Waals surface area contributed by atoms with Crippen molar-refractivity contribution >= 4 is 11.6 Å². The second-order valence-electron chi connectivity index (χ2n) is 5.56. The molecule has 4 nitrogen and oxygen atoms in total. The normalized spacial score (nSPS) is 22.1.